The molecule has 1 fully saturated rings. The average Bonchev–Trinajstić information content (AvgIpc) is 3.56. The van der Waals surface area contributed by atoms with Crippen LogP contribution in [-0.2, 0) is 15.3 Å². The first-order valence-corrected chi connectivity index (χ1v) is 15.2. The number of nitrogens with zero attached hydrogens (tertiary/aromatic N) is 3. The summed E-state index contributed by atoms with van der Waals surface area (Å²) in [6, 6.07) is 21.9. The van der Waals surface area contributed by atoms with E-state index >= 15 is 0 Å². The number of benzene rings is 4. The van der Waals surface area contributed by atoms with E-state index < -0.39 is 29.3 Å². The number of hydrogen-bond acceptors (Lipinski definition) is 7. The van der Waals surface area contributed by atoms with Gasteiger partial charge in [0.15, 0.2) is 4.34 Å². The summed E-state index contributed by atoms with van der Waals surface area (Å²) in [6.45, 7) is 1.58. The molecule has 210 valence electrons. The molecule has 0 saturated carbocycles. The van der Waals surface area contributed by atoms with E-state index in [0.29, 0.717) is 21.2 Å². The molecule has 1 atom stereocenters. The molecule has 42 heavy (non-hydrogen) atoms. The fourth-order valence-electron chi connectivity index (χ4n) is 4.84. The van der Waals surface area contributed by atoms with Gasteiger partial charge >= 0.3 is 5.91 Å². The van der Waals surface area contributed by atoms with Crippen LogP contribution in [0.15, 0.2) is 88.8 Å². The van der Waals surface area contributed by atoms with Crippen LogP contribution in [-0.4, -0.2) is 27.0 Å². The Morgan fingerprint density at radius 2 is 1.79 bits per heavy atom. The number of aliphatic hydroxyl groups excluding tert-OH is 1. The maximum atomic E-state index is 14.4. The highest BCUT2D eigenvalue weighted by Crippen LogP contribution is 2.45. The number of aromatic nitrogens is 2. The number of thioether (sulfide) groups is 1. The van der Waals surface area contributed by atoms with Gasteiger partial charge in [-0.1, -0.05) is 107 Å². The number of carbonyl (C=O) groups excluding carboxylic acids is 2. The number of Topliss-reactive ketones (excluding diaryl/α,β-unsaturated/α-hetero) is 1. The smallest absolute Gasteiger partial charge is 0.301 e. The number of aryl methyl sites for hydroxylation is 1. The minimum atomic E-state index is -1.10. The van der Waals surface area contributed by atoms with Crippen LogP contribution in [0.3, 0.4) is 0 Å². The monoisotopic (exact) mass is 635 g/mol. The van der Waals surface area contributed by atoms with E-state index in [1.807, 2.05) is 24.3 Å². The van der Waals surface area contributed by atoms with Crippen LogP contribution in [0.2, 0.25) is 10.0 Å². The van der Waals surface area contributed by atoms with E-state index in [0.717, 1.165) is 33.7 Å². The molecule has 5 aromatic rings. The molecule has 0 bridgehead atoms. The molecular weight excluding hydrogens is 616 g/mol. The average molecular weight is 637 g/mol. The number of aliphatic hydroxyl groups is 1. The fourth-order valence-corrected chi connectivity index (χ4v) is 7.02. The molecule has 4 aromatic carbocycles. The second-order valence-corrected chi connectivity index (χ2v) is 12.6. The van der Waals surface area contributed by atoms with Crippen LogP contribution >= 0.6 is 46.3 Å². The predicted molar refractivity (Wildman–Crippen MR) is 166 cm³/mol. The van der Waals surface area contributed by atoms with Gasteiger partial charge in [0.2, 0.25) is 5.13 Å². The fraction of sp³-hybridized carbons (Fsp3) is 0.0968. The third-order valence-electron chi connectivity index (χ3n) is 6.98. The SMILES string of the molecule is Cc1ccc(/C(O)=C2/C(=O)C(=O)N(c3nnc(SCc4cccc5ccccc45)s3)C2c2ccc(Cl)c(Cl)c2)cc1F. The second-order valence-electron chi connectivity index (χ2n) is 9.58. The Balaban J connectivity index is 1.39. The summed E-state index contributed by atoms with van der Waals surface area (Å²) in [4.78, 5) is 28.1. The summed E-state index contributed by atoms with van der Waals surface area (Å²) in [5, 5.41) is 22.7. The van der Waals surface area contributed by atoms with Crippen molar-refractivity contribution in [2.45, 2.75) is 23.1 Å². The summed E-state index contributed by atoms with van der Waals surface area (Å²) in [6.07, 6.45) is 0. The lowest BCUT2D eigenvalue weighted by Crippen LogP contribution is -2.29. The molecule has 1 aliphatic heterocycles. The van der Waals surface area contributed by atoms with Crippen LogP contribution in [0.4, 0.5) is 9.52 Å². The van der Waals surface area contributed by atoms with Crippen molar-refractivity contribution in [1.29, 1.82) is 0 Å². The number of carbonyl (C=O) groups is 2. The molecule has 6 nitrogen and oxygen atoms in total. The Labute approximate surface area is 258 Å². The maximum Gasteiger partial charge on any atom is 0.301 e. The predicted octanol–water partition coefficient (Wildman–Crippen LogP) is 8.36. The van der Waals surface area contributed by atoms with Gasteiger partial charge in [0, 0.05) is 11.3 Å². The van der Waals surface area contributed by atoms with Gasteiger partial charge in [-0.15, -0.1) is 10.2 Å². The highest BCUT2D eigenvalue weighted by Gasteiger charge is 2.48. The van der Waals surface area contributed by atoms with Crippen LogP contribution in [0, 0.1) is 12.7 Å². The lowest BCUT2D eigenvalue weighted by Gasteiger charge is -2.23. The standard InChI is InChI=1S/C31H20Cl2FN3O3S2/c1-16-9-10-19(14-24(16)34)27(38)25-26(18-11-12-22(32)23(33)13-18)37(29(40)28(25)39)30-35-36-31(42-30)41-15-20-7-4-6-17-5-2-3-8-21(17)20/h2-14,26,38H,15H2,1H3/b27-25-. The highest BCUT2D eigenvalue weighted by atomic mass is 35.5. The lowest BCUT2D eigenvalue weighted by atomic mass is 9.95. The molecule has 0 aliphatic carbocycles. The van der Waals surface area contributed by atoms with E-state index in [1.54, 1.807) is 13.0 Å². The number of hydrogen-bond donors (Lipinski definition) is 1. The zero-order valence-corrected chi connectivity index (χ0v) is 25.0. The maximum absolute atomic E-state index is 14.4. The van der Waals surface area contributed by atoms with Gasteiger partial charge in [-0.05, 0) is 52.6 Å². The summed E-state index contributed by atoms with van der Waals surface area (Å²) < 4.78 is 15.0. The van der Waals surface area contributed by atoms with Crippen LogP contribution in [0.25, 0.3) is 16.5 Å². The van der Waals surface area contributed by atoms with E-state index in [-0.39, 0.29) is 26.3 Å². The number of amides is 1. The molecule has 1 aliphatic rings. The molecule has 1 aromatic heterocycles. The molecule has 11 heteroatoms. The Morgan fingerprint density at radius 3 is 2.57 bits per heavy atom. The largest absolute Gasteiger partial charge is 0.507 e. The van der Waals surface area contributed by atoms with Crippen molar-refractivity contribution in [3.63, 3.8) is 0 Å². The van der Waals surface area contributed by atoms with Gasteiger partial charge in [0.05, 0.1) is 21.7 Å². The van der Waals surface area contributed by atoms with Gasteiger partial charge in [0.25, 0.3) is 5.78 Å². The molecule has 1 amide bonds. The van der Waals surface area contributed by atoms with Gasteiger partial charge in [0.1, 0.15) is 11.6 Å². The Bertz CT molecular complexity index is 1920. The normalized spacial score (nSPS) is 16.5. The third-order valence-corrected chi connectivity index (χ3v) is 9.83. The van der Waals surface area contributed by atoms with Crippen LogP contribution in [0.5, 0.6) is 0 Å². The summed E-state index contributed by atoms with van der Waals surface area (Å²) in [5.41, 5.74) is 1.75. The second kappa shape index (κ2) is 11.5. The van der Waals surface area contributed by atoms with Crippen molar-refractivity contribution in [1.82, 2.24) is 10.2 Å². The first kappa shape index (κ1) is 28.4. The lowest BCUT2D eigenvalue weighted by molar-refractivity contribution is -0.132. The summed E-state index contributed by atoms with van der Waals surface area (Å²) in [5.74, 6) is -2.30. The molecular formula is C31H20Cl2FN3O3S2. The van der Waals surface area contributed by atoms with Crippen molar-refractivity contribution in [2.24, 2.45) is 0 Å². The summed E-state index contributed by atoms with van der Waals surface area (Å²) in [7, 11) is 0. The van der Waals surface area contributed by atoms with E-state index in [9.17, 15) is 19.1 Å². The van der Waals surface area contributed by atoms with E-state index in [2.05, 4.69) is 28.4 Å². The van der Waals surface area contributed by atoms with Gasteiger partial charge < -0.3 is 5.11 Å². The van der Waals surface area contributed by atoms with Crippen molar-refractivity contribution in [3.05, 3.63) is 123 Å². The molecule has 1 N–H and O–H groups in total. The third kappa shape index (κ3) is 5.18. The van der Waals surface area contributed by atoms with E-state index in [1.165, 1.54) is 40.9 Å². The molecule has 2 heterocycles. The minimum absolute atomic E-state index is 0.0600. The number of halogens is 3. The molecule has 1 unspecified atom stereocenters. The summed E-state index contributed by atoms with van der Waals surface area (Å²) >= 11 is 15.1. The highest BCUT2D eigenvalue weighted by molar-refractivity contribution is 8.00. The molecule has 0 spiro atoms. The van der Waals surface area contributed by atoms with Gasteiger partial charge in [-0.3, -0.25) is 14.5 Å². The number of fused-ring (bicyclic) bond motifs is 1. The Morgan fingerprint density at radius 1 is 1.00 bits per heavy atom. The number of rotatable bonds is 6. The molecule has 0 radical (unpaired) electrons. The van der Waals surface area contributed by atoms with Crippen molar-refractivity contribution < 1.29 is 19.1 Å². The van der Waals surface area contributed by atoms with Crippen molar-refractivity contribution >= 4 is 79.7 Å². The van der Waals surface area contributed by atoms with Gasteiger partial charge in [-0.2, -0.15) is 0 Å². The Kier molecular flexibility index (Phi) is 7.76. The van der Waals surface area contributed by atoms with Crippen LogP contribution < -0.4 is 4.90 Å². The topological polar surface area (TPSA) is 83.4 Å². The number of anilines is 1. The van der Waals surface area contributed by atoms with E-state index in [4.69, 9.17) is 23.2 Å². The van der Waals surface area contributed by atoms with Gasteiger partial charge in [-0.25, -0.2) is 4.39 Å². The van der Waals surface area contributed by atoms with Crippen molar-refractivity contribution in [2.75, 3.05) is 4.90 Å². The first-order valence-electron chi connectivity index (χ1n) is 12.7. The zero-order valence-electron chi connectivity index (χ0n) is 21.8. The minimum Gasteiger partial charge on any atom is -0.507 e. The quantitative estimate of drug-likeness (QED) is 0.0663. The van der Waals surface area contributed by atoms with Crippen LogP contribution in [0.1, 0.15) is 28.3 Å². The number of ketones is 1. The zero-order chi connectivity index (χ0) is 29.5. The van der Waals surface area contributed by atoms with Crippen molar-refractivity contribution in [3.8, 4) is 0 Å². The molecule has 6 rings (SSSR count). The molecule has 1 saturated heterocycles. The first-order chi connectivity index (χ1) is 20.2. The Hall–Kier alpha value is -3.76.